The van der Waals surface area contributed by atoms with E-state index in [-0.39, 0.29) is 0 Å². The first-order valence-electron chi connectivity index (χ1n) is 18.0. The van der Waals surface area contributed by atoms with Gasteiger partial charge in [-0.25, -0.2) is 4.98 Å². The fourth-order valence-electron chi connectivity index (χ4n) is 8.30. The van der Waals surface area contributed by atoms with E-state index in [2.05, 4.69) is 150 Å². The monoisotopic (exact) mass is 674 g/mol. The van der Waals surface area contributed by atoms with Gasteiger partial charge in [-0.1, -0.05) is 170 Å². The minimum atomic E-state index is 0.586. The predicted octanol–water partition coefficient (Wildman–Crippen LogP) is 12.6. The summed E-state index contributed by atoms with van der Waals surface area (Å²) in [6.07, 6.45) is 0. The summed E-state index contributed by atoms with van der Waals surface area (Å²) in [6, 6.07) is 64.4. The zero-order valence-electron chi connectivity index (χ0n) is 28.6. The average Bonchev–Trinajstić information content (AvgIpc) is 3.60. The van der Waals surface area contributed by atoms with Crippen LogP contribution in [-0.4, -0.2) is 19.5 Å². The van der Waals surface area contributed by atoms with Crippen LogP contribution in [0.25, 0.3) is 105 Å². The molecule has 0 bridgehead atoms. The highest BCUT2D eigenvalue weighted by Crippen LogP contribution is 2.48. The second-order valence-corrected chi connectivity index (χ2v) is 13.6. The number of rotatable bonds is 4. The quantitative estimate of drug-likeness (QED) is 0.175. The third-order valence-electron chi connectivity index (χ3n) is 10.6. The normalized spacial score (nSPS) is 11.8. The second kappa shape index (κ2) is 11.7. The van der Waals surface area contributed by atoms with Crippen molar-refractivity contribution >= 4 is 64.9 Å². The first-order chi connectivity index (χ1) is 26.3. The van der Waals surface area contributed by atoms with Crippen LogP contribution in [0, 0.1) is 0 Å². The summed E-state index contributed by atoms with van der Waals surface area (Å²) in [5.41, 5.74) is 6.45. The van der Waals surface area contributed by atoms with E-state index in [1.165, 1.54) is 59.6 Å². The van der Waals surface area contributed by atoms with Gasteiger partial charge in [0.1, 0.15) is 0 Å². The fourth-order valence-corrected chi connectivity index (χ4v) is 8.30. The van der Waals surface area contributed by atoms with Crippen LogP contribution >= 0.6 is 0 Å². The molecule has 4 heteroatoms. The average molecular weight is 675 g/mol. The zero-order chi connectivity index (χ0) is 34.9. The Hall–Kier alpha value is -7.17. The molecule has 53 heavy (non-hydrogen) atoms. The number of aromatic nitrogens is 4. The van der Waals surface area contributed by atoms with Gasteiger partial charge in [-0.2, -0.15) is 9.97 Å². The number of hydrogen-bond acceptors (Lipinski definition) is 3. The standard InChI is InChI=1S/C49H30N4/c1-4-16-31(17-5-1)40-30-41-37-25-13-15-27-39(37)46-45(43(41)38-26-14-12-24-36(38)40)44-35-23-11-10-18-32(35)28-29-42(44)53(46)49-51-47(33-19-6-2-7-20-33)50-48(52-49)34-21-8-3-9-22-34/h1-30H. The van der Waals surface area contributed by atoms with Crippen LogP contribution < -0.4 is 0 Å². The molecule has 0 saturated carbocycles. The summed E-state index contributed by atoms with van der Waals surface area (Å²) < 4.78 is 2.29. The van der Waals surface area contributed by atoms with Crippen LogP contribution in [0.2, 0.25) is 0 Å². The number of nitrogens with zero attached hydrogens (tertiary/aromatic N) is 4. The molecule has 0 aliphatic carbocycles. The highest BCUT2D eigenvalue weighted by Gasteiger charge is 2.25. The van der Waals surface area contributed by atoms with Gasteiger partial charge in [0.05, 0.1) is 11.0 Å². The molecule has 0 saturated heterocycles. The Morgan fingerprint density at radius 2 is 0.868 bits per heavy atom. The molecule has 9 aromatic carbocycles. The molecule has 2 heterocycles. The molecule has 2 aromatic heterocycles. The van der Waals surface area contributed by atoms with Crippen LogP contribution in [0.4, 0.5) is 0 Å². The molecule has 11 aromatic rings. The summed E-state index contributed by atoms with van der Waals surface area (Å²) in [5, 5.41) is 12.0. The predicted molar refractivity (Wildman–Crippen MR) is 220 cm³/mol. The Kier molecular flexibility index (Phi) is 6.52. The Morgan fingerprint density at radius 1 is 0.340 bits per heavy atom. The second-order valence-electron chi connectivity index (χ2n) is 13.6. The van der Waals surface area contributed by atoms with Crippen molar-refractivity contribution < 1.29 is 0 Å². The van der Waals surface area contributed by atoms with E-state index < -0.39 is 0 Å². The van der Waals surface area contributed by atoms with E-state index in [0.717, 1.165) is 27.5 Å². The third kappa shape index (κ3) is 4.52. The number of benzene rings is 9. The van der Waals surface area contributed by atoms with Crippen molar-refractivity contribution in [1.82, 2.24) is 19.5 Å². The van der Waals surface area contributed by atoms with Gasteiger partial charge >= 0.3 is 0 Å². The Balaban J connectivity index is 1.39. The Morgan fingerprint density at radius 3 is 1.53 bits per heavy atom. The molecule has 0 unspecified atom stereocenters. The van der Waals surface area contributed by atoms with Gasteiger partial charge in [0.15, 0.2) is 11.6 Å². The summed E-state index contributed by atoms with van der Waals surface area (Å²) in [7, 11) is 0. The van der Waals surface area contributed by atoms with Crippen LogP contribution in [0.1, 0.15) is 0 Å². The van der Waals surface area contributed by atoms with Crippen molar-refractivity contribution in [3.63, 3.8) is 0 Å². The summed E-state index contributed by atoms with van der Waals surface area (Å²) in [4.78, 5) is 15.6. The molecule has 4 nitrogen and oxygen atoms in total. The van der Waals surface area contributed by atoms with Crippen molar-refractivity contribution in [1.29, 1.82) is 0 Å². The van der Waals surface area contributed by atoms with Gasteiger partial charge in [0, 0.05) is 32.7 Å². The molecular weight excluding hydrogens is 645 g/mol. The lowest BCUT2D eigenvalue weighted by molar-refractivity contribution is 0.955. The first kappa shape index (κ1) is 29.5. The SMILES string of the molecule is c1ccc(-c2nc(-c3ccccc3)nc(-n3c4ccc5ccccc5c4c4c5c6ccccc6c(-c6ccccc6)cc5c5ccccc5c43)n2)cc1. The molecule has 0 atom stereocenters. The third-order valence-corrected chi connectivity index (χ3v) is 10.6. The highest BCUT2D eigenvalue weighted by atomic mass is 15.2. The van der Waals surface area contributed by atoms with Crippen LogP contribution in [0.3, 0.4) is 0 Å². The van der Waals surface area contributed by atoms with Crippen molar-refractivity contribution in [2.75, 3.05) is 0 Å². The first-order valence-corrected chi connectivity index (χ1v) is 18.0. The number of hydrogen-bond donors (Lipinski definition) is 0. The van der Waals surface area contributed by atoms with E-state index in [1.807, 2.05) is 36.4 Å². The van der Waals surface area contributed by atoms with Gasteiger partial charge in [0.25, 0.3) is 0 Å². The molecular formula is C49H30N4. The lowest BCUT2D eigenvalue weighted by Crippen LogP contribution is -2.06. The van der Waals surface area contributed by atoms with Crippen LogP contribution in [0.15, 0.2) is 182 Å². The van der Waals surface area contributed by atoms with Crippen molar-refractivity contribution in [3.05, 3.63) is 182 Å². The Bertz CT molecular complexity index is 3150. The molecule has 0 aliphatic heterocycles. The van der Waals surface area contributed by atoms with E-state index in [0.29, 0.717) is 17.6 Å². The Labute approximate surface area is 305 Å². The van der Waals surface area contributed by atoms with Crippen molar-refractivity contribution in [3.8, 4) is 39.9 Å². The van der Waals surface area contributed by atoms with Crippen molar-refractivity contribution in [2.45, 2.75) is 0 Å². The highest BCUT2D eigenvalue weighted by molar-refractivity contribution is 6.40. The summed E-state index contributed by atoms with van der Waals surface area (Å²) >= 11 is 0. The largest absolute Gasteiger partial charge is 0.277 e. The molecule has 0 fully saturated rings. The topological polar surface area (TPSA) is 43.6 Å². The summed E-state index contributed by atoms with van der Waals surface area (Å²) in [6.45, 7) is 0. The lowest BCUT2D eigenvalue weighted by atomic mass is 9.88. The molecule has 11 rings (SSSR count). The minimum absolute atomic E-state index is 0.586. The number of fused-ring (bicyclic) bond motifs is 12. The van der Waals surface area contributed by atoms with Crippen LogP contribution in [-0.2, 0) is 0 Å². The smallest absolute Gasteiger partial charge is 0.238 e. The maximum Gasteiger partial charge on any atom is 0.238 e. The maximum atomic E-state index is 5.30. The van der Waals surface area contributed by atoms with E-state index in [1.54, 1.807) is 0 Å². The van der Waals surface area contributed by atoms with Crippen LogP contribution in [0.5, 0.6) is 0 Å². The van der Waals surface area contributed by atoms with Crippen molar-refractivity contribution in [2.24, 2.45) is 0 Å². The maximum absolute atomic E-state index is 5.30. The van der Waals surface area contributed by atoms with E-state index in [4.69, 9.17) is 15.0 Å². The fraction of sp³-hybridized carbons (Fsp3) is 0. The molecule has 0 N–H and O–H groups in total. The zero-order valence-corrected chi connectivity index (χ0v) is 28.6. The van der Waals surface area contributed by atoms with E-state index >= 15 is 0 Å². The molecule has 0 aliphatic rings. The molecule has 0 radical (unpaired) electrons. The van der Waals surface area contributed by atoms with E-state index in [9.17, 15) is 0 Å². The van der Waals surface area contributed by atoms with Gasteiger partial charge < -0.3 is 0 Å². The molecule has 246 valence electrons. The molecule has 0 amide bonds. The van der Waals surface area contributed by atoms with Gasteiger partial charge in [0.2, 0.25) is 5.95 Å². The molecule has 0 spiro atoms. The van der Waals surface area contributed by atoms with Gasteiger partial charge in [-0.15, -0.1) is 0 Å². The van der Waals surface area contributed by atoms with Gasteiger partial charge in [-0.3, -0.25) is 4.57 Å². The van der Waals surface area contributed by atoms with Gasteiger partial charge in [-0.05, 0) is 55.6 Å². The minimum Gasteiger partial charge on any atom is -0.277 e. The summed E-state index contributed by atoms with van der Waals surface area (Å²) in [5.74, 6) is 1.85. The lowest BCUT2D eigenvalue weighted by Gasteiger charge is -2.16.